The molecule has 1 aliphatic rings. The summed E-state index contributed by atoms with van der Waals surface area (Å²) >= 11 is 3.21. The molecule has 13 heavy (non-hydrogen) atoms. The van der Waals surface area contributed by atoms with Gasteiger partial charge in [-0.15, -0.1) is 0 Å². The van der Waals surface area contributed by atoms with E-state index in [-0.39, 0.29) is 17.9 Å². The highest BCUT2D eigenvalue weighted by molar-refractivity contribution is 9.08. The lowest BCUT2D eigenvalue weighted by Crippen LogP contribution is -2.38. The molecule has 0 radical (unpaired) electrons. The fourth-order valence-corrected chi connectivity index (χ4v) is 2.34. The molecule has 0 amide bonds. The van der Waals surface area contributed by atoms with Crippen molar-refractivity contribution in [1.29, 1.82) is 0 Å². The van der Waals surface area contributed by atoms with E-state index in [1.165, 1.54) is 6.42 Å². The van der Waals surface area contributed by atoms with Crippen molar-refractivity contribution in [1.82, 2.24) is 4.34 Å². The maximum atomic E-state index is 11.5. The van der Waals surface area contributed by atoms with E-state index in [1.54, 1.807) is 0 Å². The minimum atomic E-state index is -0.0563. The van der Waals surface area contributed by atoms with Crippen LogP contribution in [0.5, 0.6) is 0 Å². The van der Waals surface area contributed by atoms with Gasteiger partial charge < -0.3 is 4.74 Å². The fourth-order valence-electron chi connectivity index (χ4n) is 1.79. The second-order valence-electron chi connectivity index (χ2n) is 3.36. The van der Waals surface area contributed by atoms with E-state index in [9.17, 15) is 4.79 Å². The molecule has 0 aromatic heterocycles. The standard InChI is InChI=1S/C9H16BrNO2/c1-2-13-9(12)7-5-3-4-6-8(7)11-10/h7-8,11H,2-6H2,1H3/t7-,8+/m1/s1. The van der Waals surface area contributed by atoms with Gasteiger partial charge in [0.05, 0.1) is 12.5 Å². The van der Waals surface area contributed by atoms with Crippen LogP contribution < -0.4 is 4.34 Å². The van der Waals surface area contributed by atoms with Gasteiger partial charge in [0, 0.05) is 22.2 Å². The lowest BCUT2D eigenvalue weighted by atomic mass is 9.85. The summed E-state index contributed by atoms with van der Waals surface area (Å²) in [5, 5.41) is 0. The molecule has 2 atom stereocenters. The second kappa shape index (κ2) is 5.60. The smallest absolute Gasteiger partial charge is 0.310 e. The molecule has 0 aromatic rings. The molecule has 0 spiro atoms. The third-order valence-electron chi connectivity index (χ3n) is 2.50. The Bertz CT molecular complexity index is 175. The summed E-state index contributed by atoms with van der Waals surface area (Å²) in [6, 6.07) is 0.243. The molecule has 0 aromatic carbocycles. The van der Waals surface area contributed by atoms with E-state index in [4.69, 9.17) is 4.74 Å². The van der Waals surface area contributed by atoms with Crippen LogP contribution in [-0.2, 0) is 9.53 Å². The van der Waals surface area contributed by atoms with Crippen LogP contribution >= 0.6 is 16.1 Å². The first kappa shape index (κ1) is 11.0. The van der Waals surface area contributed by atoms with Gasteiger partial charge in [-0.05, 0) is 19.8 Å². The highest BCUT2D eigenvalue weighted by Gasteiger charge is 2.31. The summed E-state index contributed by atoms with van der Waals surface area (Å²) < 4.78 is 8.02. The molecule has 0 saturated heterocycles. The summed E-state index contributed by atoms with van der Waals surface area (Å²) in [4.78, 5) is 11.5. The summed E-state index contributed by atoms with van der Waals surface area (Å²) in [5.74, 6) is -0.0211. The van der Waals surface area contributed by atoms with Crippen molar-refractivity contribution in [3.63, 3.8) is 0 Å². The van der Waals surface area contributed by atoms with Crippen molar-refractivity contribution in [3.05, 3.63) is 0 Å². The molecule has 1 N–H and O–H groups in total. The molecule has 76 valence electrons. The maximum Gasteiger partial charge on any atom is 0.310 e. The number of esters is 1. The normalized spacial score (nSPS) is 28.5. The average molecular weight is 250 g/mol. The number of rotatable bonds is 3. The lowest BCUT2D eigenvalue weighted by Gasteiger charge is -2.28. The molecule has 1 saturated carbocycles. The molecule has 0 unspecified atom stereocenters. The van der Waals surface area contributed by atoms with Gasteiger partial charge in [-0.3, -0.25) is 9.14 Å². The Hall–Kier alpha value is -0.0900. The Morgan fingerprint density at radius 1 is 1.54 bits per heavy atom. The number of hydrogen-bond acceptors (Lipinski definition) is 3. The largest absolute Gasteiger partial charge is 0.466 e. The average Bonchev–Trinajstić information content (AvgIpc) is 2.18. The molecule has 0 heterocycles. The van der Waals surface area contributed by atoms with E-state index in [0.717, 1.165) is 19.3 Å². The van der Waals surface area contributed by atoms with Crippen molar-refractivity contribution >= 4 is 22.1 Å². The van der Waals surface area contributed by atoms with Crippen LogP contribution in [0.25, 0.3) is 0 Å². The predicted molar refractivity (Wildman–Crippen MR) is 54.4 cm³/mol. The minimum absolute atomic E-state index is 0.0353. The van der Waals surface area contributed by atoms with Crippen molar-refractivity contribution < 1.29 is 9.53 Å². The lowest BCUT2D eigenvalue weighted by molar-refractivity contribution is -0.149. The number of halogens is 1. The van der Waals surface area contributed by atoms with Crippen molar-refractivity contribution in [3.8, 4) is 0 Å². The number of carbonyl (C=O) groups is 1. The van der Waals surface area contributed by atoms with Crippen LogP contribution in [0.3, 0.4) is 0 Å². The first-order chi connectivity index (χ1) is 6.29. The highest BCUT2D eigenvalue weighted by atomic mass is 79.9. The molecule has 1 fully saturated rings. The predicted octanol–water partition coefficient (Wildman–Crippen LogP) is 2.01. The van der Waals surface area contributed by atoms with Gasteiger partial charge >= 0.3 is 5.97 Å². The molecule has 4 heteroatoms. The first-order valence-electron chi connectivity index (χ1n) is 4.82. The van der Waals surface area contributed by atoms with Gasteiger partial charge in [0.15, 0.2) is 0 Å². The minimum Gasteiger partial charge on any atom is -0.466 e. The molecule has 1 rings (SSSR count). The van der Waals surface area contributed by atoms with Crippen molar-refractivity contribution in [2.45, 2.75) is 38.6 Å². The van der Waals surface area contributed by atoms with E-state index in [1.807, 2.05) is 6.92 Å². The van der Waals surface area contributed by atoms with E-state index in [0.29, 0.717) is 6.61 Å². The molecule has 0 bridgehead atoms. The van der Waals surface area contributed by atoms with Crippen LogP contribution in [0.15, 0.2) is 0 Å². The van der Waals surface area contributed by atoms with Crippen molar-refractivity contribution in [2.75, 3.05) is 6.61 Å². The summed E-state index contributed by atoms with van der Waals surface area (Å²) in [6.07, 6.45) is 4.32. The Morgan fingerprint density at radius 2 is 2.23 bits per heavy atom. The van der Waals surface area contributed by atoms with Gasteiger partial charge in [0.2, 0.25) is 0 Å². The van der Waals surface area contributed by atoms with Crippen LogP contribution in [0.4, 0.5) is 0 Å². The third-order valence-corrected chi connectivity index (χ3v) is 3.08. The Kier molecular flexibility index (Phi) is 4.73. The molecule has 3 nitrogen and oxygen atoms in total. The van der Waals surface area contributed by atoms with E-state index < -0.39 is 0 Å². The summed E-state index contributed by atoms with van der Waals surface area (Å²) in [5.41, 5.74) is 0. The van der Waals surface area contributed by atoms with E-state index in [2.05, 4.69) is 20.5 Å². The van der Waals surface area contributed by atoms with Gasteiger partial charge in [-0.2, -0.15) is 0 Å². The zero-order valence-electron chi connectivity index (χ0n) is 7.88. The second-order valence-corrected chi connectivity index (χ2v) is 3.82. The van der Waals surface area contributed by atoms with E-state index >= 15 is 0 Å². The topological polar surface area (TPSA) is 38.3 Å². The number of ether oxygens (including phenoxy) is 1. The number of nitrogens with one attached hydrogen (secondary N) is 1. The maximum absolute atomic E-state index is 11.5. The Balaban J connectivity index is 2.48. The molecule has 1 aliphatic carbocycles. The first-order valence-corrected chi connectivity index (χ1v) is 5.61. The molecule has 0 aliphatic heterocycles. The number of hydrogen-bond donors (Lipinski definition) is 1. The van der Waals surface area contributed by atoms with Gasteiger partial charge in [-0.1, -0.05) is 12.8 Å². The zero-order chi connectivity index (χ0) is 9.68. The Morgan fingerprint density at radius 3 is 2.85 bits per heavy atom. The van der Waals surface area contributed by atoms with Gasteiger partial charge in [-0.25, -0.2) is 0 Å². The quantitative estimate of drug-likeness (QED) is 0.615. The van der Waals surface area contributed by atoms with Crippen LogP contribution in [-0.4, -0.2) is 18.6 Å². The Labute approximate surface area is 87.6 Å². The fraction of sp³-hybridized carbons (Fsp3) is 0.889. The van der Waals surface area contributed by atoms with Gasteiger partial charge in [0.1, 0.15) is 0 Å². The third kappa shape index (κ3) is 2.95. The van der Waals surface area contributed by atoms with Gasteiger partial charge in [0.25, 0.3) is 0 Å². The highest BCUT2D eigenvalue weighted by Crippen LogP contribution is 2.26. The summed E-state index contributed by atoms with van der Waals surface area (Å²) in [7, 11) is 0. The van der Waals surface area contributed by atoms with Crippen LogP contribution in [0.1, 0.15) is 32.6 Å². The zero-order valence-corrected chi connectivity index (χ0v) is 9.47. The van der Waals surface area contributed by atoms with Crippen molar-refractivity contribution in [2.24, 2.45) is 5.92 Å². The number of carbonyl (C=O) groups excluding carboxylic acids is 1. The molecular weight excluding hydrogens is 234 g/mol. The monoisotopic (exact) mass is 249 g/mol. The van der Waals surface area contributed by atoms with Crippen LogP contribution in [0, 0.1) is 5.92 Å². The summed E-state index contributed by atoms with van der Waals surface area (Å²) in [6.45, 7) is 2.32. The van der Waals surface area contributed by atoms with Crippen LogP contribution in [0.2, 0.25) is 0 Å². The molecular formula is C9H16BrNO2. The SMILES string of the molecule is CCOC(=O)[C@@H]1CCCC[C@@H]1NBr.